The van der Waals surface area contributed by atoms with Crippen LogP contribution in [0.5, 0.6) is 11.5 Å². The quantitative estimate of drug-likeness (QED) is 0.469. The Hall–Kier alpha value is -2.23. The van der Waals surface area contributed by atoms with Crippen LogP contribution in [0, 0.1) is 0 Å². The molecule has 0 atom stereocenters. The molecule has 0 spiro atoms. The first-order valence-corrected chi connectivity index (χ1v) is 8.36. The molecule has 23 heavy (non-hydrogen) atoms. The van der Waals surface area contributed by atoms with E-state index in [9.17, 15) is 15.0 Å². The van der Waals surface area contributed by atoms with Crippen molar-refractivity contribution in [1.82, 2.24) is 4.98 Å². The number of aromatic amines is 1. The summed E-state index contributed by atoms with van der Waals surface area (Å²) in [7, 11) is 0. The Bertz CT molecular complexity index is 609. The molecule has 1 heterocycles. The minimum atomic E-state index is -0.244. The minimum absolute atomic E-state index is 0.00605. The van der Waals surface area contributed by atoms with E-state index >= 15 is 0 Å². The highest BCUT2D eigenvalue weighted by Crippen LogP contribution is 2.31. The largest absolute Gasteiger partial charge is 0.508 e. The van der Waals surface area contributed by atoms with Crippen molar-refractivity contribution in [2.75, 3.05) is 0 Å². The monoisotopic (exact) mass is 315 g/mol. The molecule has 0 bridgehead atoms. The molecule has 1 aromatic carbocycles. The smallest absolute Gasteiger partial charge is 0.209 e. The molecule has 0 unspecified atom stereocenters. The first kappa shape index (κ1) is 17.1. The average molecular weight is 315 g/mol. The topological polar surface area (TPSA) is 73.3 Å². The van der Waals surface area contributed by atoms with Gasteiger partial charge in [0.1, 0.15) is 11.5 Å². The molecule has 0 amide bonds. The van der Waals surface area contributed by atoms with Crippen molar-refractivity contribution in [3.8, 4) is 11.5 Å². The number of hydrogen-bond donors (Lipinski definition) is 3. The van der Waals surface area contributed by atoms with Gasteiger partial charge in [0.05, 0.1) is 5.69 Å². The first-order chi connectivity index (χ1) is 11.1. The number of phenolic OH excluding ortho intramolecular Hbond substituents is 2. The Morgan fingerprint density at radius 1 is 1.04 bits per heavy atom. The van der Waals surface area contributed by atoms with Gasteiger partial charge in [0.15, 0.2) is 0 Å². The summed E-state index contributed by atoms with van der Waals surface area (Å²) in [6.45, 7) is 2.19. The molecule has 1 aromatic heterocycles. The molecule has 4 heteroatoms. The van der Waals surface area contributed by atoms with Crippen molar-refractivity contribution in [2.24, 2.45) is 0 Å². The van der Waals surface area contributed by atoms with E-state index in [0.717, 1.165) is 12.8 Å². The van der Waals surface area contributed by atoms with E-state index in [0.29, 0.717) is 17.7 Å². The minimum Gasteiger partial charge on any atom is -0.508 e. The summed E-state index contributed by atoms with van der Waals surface area (Å²) in [5.41, 5.74) is 1.25. The van der Waals surface area contributed by atoms with Crippen molar-refractivity contribution in [2.45, 2.75) is 51.9 Å². The van der Waals surface area contributed by atoms with Gasteiger partial charge in [-0.2, -0.15) is 0 Å². The lowest BCUT2D eigenvalue weighted by Crippen LogP contribution is -2.02. The number of unbranched alkanes of at least 4 members (excludes halogenated alkanes) is 5. The fourth-order valence-electron chi connectivity index (χ4n) is 2.74. The fourth-order valence-corrected chi connectivity index (χ4v) is 2.74. The lowest BCUT2D eigenvalue weighted by molar-refractivity contribution is 0.103. The number of aromatic nitrogens is 1. The van der Waals surface area contributed by atoms with Gasteiger partial charge in [-0.1, -0.05) is 39.0 Å². The number of phenols is 2. The molecule has 0 aliphatic rings. The highest BCUT2D eigenvalue weighted by molar-refractivity contribution is 6.08. The molecule has 3 N–H and O–H groups in total. The van der Waals surface area contributed by atoms with E-state index in [1.807, 2.05) is 0 Å². The van der Waals surface area contributed by atoms with Gasteiger partial charge in [-0.25, -0.2) is 0 Å². The Morgan fingerprint density at radius 3 is 2.30 bits per heavy atom. The standard InChI is InChI=1S/C19H25NO3/c1-2-3-4-5-6-7-9-15-17(21)12-14(13-18(15)22)19(23)16-10-8-11-20-16/h8,10-13,20-22H,2-7,9H2,1H3. The summed E-state index contributed by atoms with van der Waals surface area (Å²) in [6, 6.07) is 6.28. The van der Waals surface area contributed by atoms with Crippen LogP contribution in [0.15, 0.2) is 30.5 Å². The lowest BCUT2D eigenvalue weighted by atomic mass is 9.99. The summed E-state index contributed by atoms with van der Waals surface area (Å²) < 4.78 is 0. The van der Waals surface area contributed by atoms with Gasteiger partial charge >= 0.3 is 0 Å². The Balaban J connectivity index is 1.99. The van der Waals surface area contributed by atoms with E-state index in [1.165, 1.54) is 37.8 Å². The zero-order valence-corrected chi connectivity index (χ0v) is 13.6. The normalized spacial score (nSPS) is 10.8. The molecule has 124 valence electrons. The predicted molar refractivity (Wildman–Crippen MR) is 91.1 cm³/mol. The highest BCUT2D eigenvalue weighted by Gasteiger charge is 2.15. The number of rotatable bonds is 9. The summed E-state index contributed by atoms with van der Waals surface area (Å²) in [6.07, 6.45) is 9.19. The van der Waals surface area contributed by atoms with Crippen LogP contribution in [-0.4, -0.2) is 21.0 Å². The molecular weight excluding hydrogens is 290 g/mol. The Kier molecular flexibility index (Phi) is 6.27. The number of aromatic hydroxyl groups is 2. The number of H-pyrrole nitrogens is 1. The highest BCUT2D eigenvalue weighted by atomic mass is 16.3. The maximum atomic E-state index is 12.2. The summed E-state index contributed by atoms with van der Waals surface area (Å²) >= 11 is 0. The third-order valence-corrected chi connectivity index (χ3v) is 4.09. The van der Waals surface area contributed by atoms with Crippen LogP contribution in [0.1, 0.15) is 67.1 Å². The van der Waals surface area contributed by atoms with E-state index < -0.39 is 0 Å². The van der Waals surface area contributed by atoms with Crippen molar-refractivity contribution in [3.05, 3.63) is 47.3 Å². The molecule has 0 aliphatic carbocycles. The number of carbonyl (C=O) groups is 1. The van der Waals surface area contributed by atoms with Gasteiger partial charge in [-0.3, -0.25) is 4.79 Å². The van der Waals surface area contributed by atoms with Crippen LogP contribution in [0.4, 0.5) is 0 Å². The number of ketones is 1. The van der Waals surface area contributed by atoms with Crippen LogP contribution >= 0.6 is 0 Å². The molecule has 0 aliphatic heterocycles. The van der Waals surface area contributed by atoms with Crippen LogP contribution in [0.2, 0.25) is 0 Å². The zero-order chi connectivity index (χ0) is 16.7. The van der Waals surface area contributed by atoms with Gasteiger partial charge in [0, 0.05) is 17.3 Å². The molecule has 0 saturated carbocycles. The van der Waals surface area contributed by atoms with Crippen LogP contribution in [0.3, 0.4) is 0 Å². The molecule has 0 saturated heterocycles. The maximum absolute atomic E-state index is 12.2. The summed E-state index contributed by atoms with van der Waals surface area (Å²) in [4.78, 5) is 15.1. The van der Waals surface area contributed by atoms with Gasteiger partial charge in [-0.05, 0) is 37.1 Å². The van der Waals surface area contributed by atoms with E-state index in [-0.39, 0.29) is 22.8 Å². The number of nitrogens with one attached hydrogen (secondary N) is 1. The predicted octanol–water partition coefficient (Wildman–Crippen LogP) is 4.56. The molecule has 2 rings (SSSR count). The summed E-state index contributed by atoms with van der Waals surface area (Å²) in [5.74, 6) is -0.256. The fraction of sp³-hybridized carbons (Fsp3) is 0.421. The Morgan fingerprint density at radius 2 is 1.70 bits per heavy atom. The van der Waals surface area contributed by atoms with E-state index in [4.69, 9.17) is 0 Å². The second kappa shape index (κ2) is 8.42. The SMILES string of the molecule is CCCCCCCCc1c(O)cc(C(=O)c2ccc[nH]2)cc1O. The number of benzene rings is 1. The number of carbonyl (C=O) groups excluding carboxylic acids is 1. The first-order valence-electron chi connectivity index (χ1n) is 8.36. The second-order valence-electron chi connectivity index (χ2n) is 5.92. The molecular formula is C19H25NO3. The summed E-state index contributed by atoms with van der Waals surface area (Å²) in [5, 5.41) is 20.3. The Labute approximate surface area is 137 Å². The maximum Gasteiger partial charge on any atom is 0.209 e. The number of hydrogen-bond acceptors (Lipinski definition) is 3. The van der Waals surface area contributed by atoms with Crippen LogP contribution in [0.25, 0.3) is 0 Å². The van der Waals surface area contributed by atoms with E-state index in [2.05, 4.69) is 11.9 Å². The van der Waals surface area contributed by atoms with E-state index in [1.54, 1.807) is 18.3 Å². The van der Waals surface area contributed by atoms with Gasteiger partial charge in [0.2, 0.25) is 5.78 Å². The third kappa shape index (κ3) is 4.62. The lowest BCUT2D eigenvalue weighted by Gasteiger charge is -2.09. The third-order valence-electron chi connectivity index (χ3n) is 4.09. The molecule has 0 radical (unpaired) electrons. The van der Waals surface area contributed by atoms with Crippen molar-refractivity contribution in [1.29, 1.82) is 0 Å². The van der Waals surface area contributed by atoms with Crippen LogP contribution < -0.4 is 0 Å². The van der Waals surface area contributed by atoms with Gasteiger partial charge in [-0.15, -0.1) is 0 Å². The van der Waals surface area contributed by atoms with Gasteiger partial charge < -0.3 is 15.2 Å². The molecule has 4 nitrogen and oxygen atoms in total. The zero-order valence-electron chi connectivity index (χ0n) is 13.6. The van der Waals surface area contributed by atoms with Crippen molar-refractivity contribution < 1.29 is 15.0 Å². The molecule has 0 fully saturated rings. The average Bonchev–Trinajstić information content (AvgIpc) is 3.06. The van der Waals surface area contributed by atoms with Crippen molar-refractivity contribution in [3.63, 3.8) is 0 Å². The van der Waals surface area contributed by atoms with Crippen molar-refractivity contribution >= 4 is 5.78 Å². The molecule has 2 aromatic rings. The second-order valence-corrected chi connectivity index (χ2v) is 5.92. The van der Waals surface area contributed by atoms with Crippen LogP contribution in [-0.2, 0) is 6.42 Å². The van der Waals surface area contributed by atoms with Gasteiger partial charge in [0.25, 0.3) is 0 Å².